The Morgan fingerprint density at radius 1 is 1.45 bits per heavy atom. The molecule has 20 heavy (non-hydrogen) atoms. The minimum atomic E-state index is -0.377. The third kappa shape index (κ3) is 2.40. The molecule has 0 aliphatic carbocycles. The topological polar surface area (TPSA) is 73.0 Å². The molecule has 0 bridgehead atoms. The van der Waals surface area contributed by atoms with Gasteiger partial charge in [0.15, 0.2) is 0 Å². The van der Waals surface area contributed by atoms with Crippen LogP contribution in [0.2, 0.25) is 0 Å². The highest BCUT2D eigenvalue weighted by Crippen LogP contribution is 2.33. The molecule has 0 aliphatic rings. The zero-order valence-corrected chi connectivity index (χ0v) is 13.1. The van der Waals surface area contributed by atoms with E-state index in [1.165, 1.54) is 0 Å². The molecular weight excluding hydrogens is 324 g/mol. The molecule has 0 amide bonds. The molecule has 6 nitrogen and oxygen atoms in total. The van der Waals surface area contributed by atoms with Crippen LogP contribution in [0, 0.1) is 24.0 Å². The molecule has 2 aromatic rings. The van der Waals surface area contributed by atoms with Crippen molar-refractivity contribution in [2.45, 2.75) is 20.8 Å². The fraction of sp³-hybridized carbons (Fsp3) is 0.308. The first-order valence-corrected chi connectivity index (χ1v) is 7.00. The summed E-state index contributed by atoms with van der Waals surface area (Å²) in [6.45, 7) is 6.24. The minimum Gasteiger partial charge on any atom is -0.380 e. The van der Waals surface area contributed by atoms with Crippen LogP contribution in [0.4, 0.5) is 11.4 Å². The van der Waals surface area contributed by atoms with Crippen LogP contribution in [0.5, 0.6) is 0 Å². The number of rotatable bonds is 4. The number of anilines is 1. The zero-order chi connectivity index (χ0) is 14.9. The standard InChI is InChI=1S/C13H15BrN4O2/c1-4-15-10-6-5-7-11(13(10)18(19)20)17-9(3)12(14)8(2)16-17/h5-7,15H,4H2,1-3H3. The first-order valence-electron chi connectivity index (χ1n) is 6.20. The van der Waals surface area contributed by atoms with Crippen LogP contribution in [0.15, 0.2) is 22.7 Å². The summed E-state index contributed by atoms with van der Waals surface area (Å²) in [7, 11) is 0. The Morgan fingerprint density at radius 3 is 2.65 bits per heavy atom. The molecule has 7 heteroatoms. The maximum atomic E-state index is 11.4. The van der Waals surface area contributed by atoms with Gasteiger partial charge in [-0.2, -0.15) is 5.10 Å². The van der Waals surface area contributed by atoms with Crippen LogP contribution in [0.25, 0.3) is 5.69 Å². The number of halogens is 1. The van der Waals surface area contributed by atoms with Crippen LogP contribution in [0.3, 0.4) is 0 Å². The van der Waals surface area contributed by atoms with Gasteiger partial charge in [0.05, 0.1) is 20.8 Å². The van der Waals surface area contributed by atoms with E-state index in [1.807, 2.05) is 20.8 Å². The van der Waals surface area contributed by atoms with Crippen LogP contribution < -0.4 is 5.32 Å². The van der Waals surface area contributed by atoms with Crippen molar-refractivity contribution in [2.75, 3.05) is 11.9 Å². The number of hydrogen-bond acceptors (Lipinski definition) is 4. The Labute approximate surface area is 125 Å². The quantitative estimate of drug-likeness (QED) is 0.682. The molecule has 1 N–H and O–H groups in total. The number of nitro benzene ring substituents is 1. The lowest BCUT2D eigenvalue weighted by Gasteiger charge is -2.10. The van der Waals surface area contributed by atoms with E-state index in [1.54, 1.807) is 22.9 Å². The second kappa shape index (κ2) is 5.62. The van der Waals surface area contributed by atoms with Crippen molar-refractivity contribution >= 4 is 27.3 Å². The van der Waals surface area contributed by atoms with E-state index in [0.717, 1.165) is 15.9 Å². The Morgan fingerprint density at radius 2 is 2.15 bits per heavy atom. The third-order valence-electron chi connectivity index (χ3n) is 3.00. The summed E-state index contributed by atoms with van der Waals surface area (Å²) in [6.07, 6.45) is 0. The second-order valence-corrected chi connectivity index (χ2v) is 5.15. The molecule has 0 atom stereocenters. The fourth-order valence-electron chi connectivity index (χ4n) is 2.09. The SMILES string of the molecule is CCNc1cccc(-n2nc(C)c(Br)c2C)c1[N+](=O)[O-]. The highest BCUT2D eigenvalue weighted by atomic mass is 79.9. The van der Waals surface area contributed by atoms with Crippen molar-refractivity contribution in [1.29, 1.82) is 0 Å². The molecule has 0 spiro atoms. The Hall–Kier alpha value is -1.89. The predicted molar refractivity (Wildman–Crippen MR) is 81.6 cm³/mol. The number of aryl methyl sites for hydroxylation is 1. The highest BCUT2D eigenvalue weighted by molar-refractivity contribution is 9.10. The molecule has 1 heterocycles. The Bertz CT molecular complexity index is 667. The lowest BCUT2D eigenvalue weighted by atomic mass is 10.2. The summed E-state index contributed by atoms with van der Waals surface area (Å²) >= 11 is 3.44. The summed E-state index contributed by atoms with van der Waals surface area (Å²) in [5, 5.41) is 18.8. The predicted octanol–water partition coefficient (Wildman–Crippen LogP) is 3.59. The molecule has 1 aromatic carbocycles. The molecule has 0 saturated carbocycles. The van der Waals surface area contributed by atoms with Gasteiger partial charge in [0, 0.05) is 6.54 Å². The van der Waals surface area contributed by atoms with Gasteiger partial charge in [-0.3, -0.25) is 10.1 Å². The van der Waals surface area contributed by atoms with E-state index in [4.69, 9.17) is 0 Å². The lowest BCUT2D eigenvalue weighted by molar-refractivity contribution is -0.383. The monoisotopic (exact) mass is 338 g/mol. The maximum Gasteiger partial charge on any atom is 0.317 e. The van der Waals surface area contributed by atoms with Crippen LogP contribution in [-0.2, 0) is 0 Å². The van der Waals surface area contributed by atoms with Gasteiger partial charge in [0.2, 0.25) is 0 Å². The van der Waals surface area contributed by atoms with E-state index in [-0.39, 0.29) is 10.6 Å². The van der Waals surface area contributed by atoms with Crippen molar-refractivity contribution in [2.24, 2.45) is 0 Å². The van der Waals surface area contributed by atoms with Crippen LogP contribution >= 0.6 is 15.9 Å². The van der Waals surface area contributed by atoms with Crippen LogP contribution in [-0.4, -0.2) is 21.2 Å². The number of hydrogen-bond donors (Lipinski definition) is 1. The van der Waals surface area contributed by atoms with Crippen molar-refractivity contribution in [1.82, 2.24) is 9.78 Å². The van der Waals surface area contributed by atoms with Crippen molar-refractivity contribution in [3.63, 3.8) is 0 Å². The molecule has 0 saturated heterocycles. The van der Waals surface area contributed by atoms with Gasteiger partial charge in [0.1, 0.15) is 11.4 Å². The number of benzene rings is 1. The summed E-state index contributed by atoms with van der Waals surface area (Å²) in [5.74, 6) is 0. The van der Waals surface area contributed by atoms with Crippen molar-refractivity contribution in [3.8, 4) is 5.69 Å². The van der Waals surface area contributed by atoms with Gasteiger partial charge in [0.25, 0.3) is 0 Å². The van der Waals surface area contributed by atoms with E-state index in [0.29, 0.717) is 17.9 Å². The average molecular weight is 339 g/mol. The van der Waals surface area contributed by atoms with Crippen LogP contribution in [0.1, 0.15) is 18.3 Å². The molecule has 0 unspecified atom stereocenters. The van der Waals surface area contributed by atoms with Gasteiger partial charge in [-0.05, 0) is 48.8 Å². The van der Waals surface area contributed by atoms with Gasteiger partial charge < -0.3 is 5.32 Å². The van der Waals surface area contributed by atoms with Crippen molar-refractivity contribution in [3.05, 3.63) is 44.2 Å². The molecular formula is C13H15BrN4O2. The van der Waals surface area contributed by atoms with Gasteiger partial charge in [-0.15, -0.1) is 0 Å². The number of nitrogens with zero attached hydrogens (tertiary/aromatic N) is 3. The minimum absolute atomic E-state index is 0.0347. The first kappa shape index (κ1) is 14.5. The van der Waals surface area contributed by atoms with Crippen molar-refractivity contribution < 1.29 is 4.92 Å². The first-order chi connectivity index (χ1) is 9.47. The Balaban J connectivity index is 2.70. The molecule has 1 aromatic heterocycles. The molecule has 2 rings (SSSR count). The maximum absolute atomic E-state index is 11.4. The van der Waals surface area contributed by atoms with Gasteiger partial charge in [-0.25, -0.2) is 4.68 Å². The van der Waals surface area contributed by atoms with Gasteiger partial charge in [-0.1, -0.05) is 6.07 Å². The van der Waals surface area contributed by atoms with E-state index < -0.39 is 0 Å². The smallest absolute Gasteiger partial charge is 0.317 e. The second-order valence-electron chi connectivity index (χ2n) is 4.36. The molecule has 0 aliphatic heterocycles. The number of para-hydroxylation sites is 1. The number of nitro groups is 1. The summed E-state index contributed by atoms with van der Waals surface area (Å²) < 4.78 is 2.46. The van der Waals surface area contributed by atoms with E-state index >= 15 is 0 Å². The van der Waals surface area contributed by atoms with Gasteiger partial charge >= 0.3 is 5.69 Å². The normalized spacial score (nSPS) is 10.6. The number of aromatic nitrogens is 2. The summed E-state index contributed by atoms with van der Waals surface area (Å²) in [6, 6.07) is 5.18. The largest absolute Gasteiger partial charge is 0.380 e. The number of nitrogens with one attached hydrogen (secondary N) is 1. The molecule has 106 valence electrons. The van der Waals surface area contributed by atoms with E-state index in [9.17, 15) is 10.1 Å². The molecule has 0 fully saturated rings. The summed E-state index contributed by atoms with van der Waals surface area (Å²) in [4.78, 5) is 11.0. The molecule has 0 radical (unpaired) electrons. The zero-order valence-electron chi connectivity index (χ0n) is 11.5. The Kier molecular flexibility index (Phi) is 4.08. The fourth-order valence-corrected chi connectivity index (χ4v) is 2.33. The lowest BCUT2D eigenvalue weighted by Crippen LogP contribution is -2.07. The highest BCUT2D eigenvalue weighted by Gasteiger charge is 2.23. The average Bonchev–Trinajstić information content (AvgIpc) is 2.66. The third-order valence-corrected chi connectivity index (χ3v) is 4.14. The summed E-state index contributed by atoms with van der Waals surface area (Å²) in [5.41, 5.74) is 2.62. The van der Waals surface area contributed by atoms with E-state index in [2.05, 4.69) is 26.3 Å².